The van der Waals surface area contributed by atoms with Crippen LogP contribution in [0.2, 0.25) is 0 Å². The standard InChI is InChI=1S/C22H37N3O2/c1-3-10-17(2)16-25(19-13-8-5-9-14-19)24-22(27)21(26)20(23)15-18-11-6-4-7-12-18/h5,8-9,13-14,17-18,20-21,26H,3-4,6-7,10-12,15-16,23H2,1-2H3,(H,24,27)/t17?,20-,21?/m1/s1. The van der Waals surface area contributed by atoms with Crippen molar-refractivity contribution in [2.24, 2.45) is 17.6 Å². The van der Waals surface area contributed by atoms with Gasteiger partial charge in [0.1, 0.15) is 6.10 Å². The fraction of sp³-hybridized carbons (Fsp3) is 0.682. The molecule has 1 aliphatic rings. The van der Waals surface area contributed by atoms with E-state index in [1.165, 1.54) is 19.3 Å². The third kappa shape index (κ3) is 7.15. The first-order valence-corrected chi connectivity index (χ1v) is 10.6. The van der Waals surface area contributed by atoms with Crippen molar-refractivity contribution in [1.82, 2.24) is 5.43 Å². The maximum Gasteiger partial charge on any atom is 0.268 e. The number of aliphatic hydroxyl groups excluding tert-OH is 1. The van der Waals surface area contributed by atoms with Crippen LogP contribution in [-0.4, -0.2) is 29.7 Å². The van der Waals surface area contributed by atoms with Crippen molar-refractivity contribution in [3.8, 4) is 0 Å². The lowest BCUT2D eigenvalue weighted by atomic mass is 9.84. The first-order chi connectivity index (χ1) is 13.0. The van der Waals surface area contributed by atoms with Crippen molar-refractivity contribution in [1.29, 1.82) is 0 Å². The number of nitrogens with one attached hydrogen (secondary N) is 1. The zero-order valence-corrected chi connectivity index (χ0v) is 16.9. The number of amides is 1. The van der Waals surface area contributed by atoms with Crippen molar-refractivity contribution < 1.29 is 9.90 Å². The number of anilines is 1. The molecule has 152 valence electrons. The number of hydrogen-bond donors (Lipinski definition) is 3. The highest BCUT2D eigenvalue weighted by Crippen LogP contribution is 2.27. The molecule has 0 spiro atoms. The van der Waals surface area contributed by atoms with E-state index in [-0.39, 0.29) is 0 Å². The van der Waals surface area contributed by atoms with Gasteiger partial charge in [-0.05, 0) is 36.8 Å². The number of benzene rings is 1. The van der Waals surface area contributed by atoms with E-state index in [2.05, 4.69) is 19.3 Å². The largest absolute Gasteiger partial charge is 0.382 e. The molecule has 2 unspecified atom stereocenters. The van der Waals surface area contributed by atoms with Crippen LogP contribution in [-0.2, 0) is 4.79 Å². The van der Waals surface area contributed by atoms with E-state index in [1.54, 1.807) is 0 Å². The number of nitrogens with two attached hydrogens (primary N) is 1. The highest BCUT2D eigenvalue weighted by molar-refractivity contribution is 5.82. The van der Waals surface area contributed by atoms with Crippen LogP contribution in [0.1, 0.15) is 65.2 Å². The summed E-state index contributed by atoms with van der Waals surface area (Å²) in [5, 5.41) is 12.3. The fourth-order valence-electron chi connectivity index (χ4n) is 4.05. The molecule has 27 heavy (non-hydrogen) atoms. The van der Waals surface area contributed by atoms with Gasteiger partial charge in [-0.1, -0.05) is 70.6 Å². The van der Waals surface area contributed by atoms with Crippen LogP contribution in [0.3, 0.4) is 0 Å². The third-order valence-corrected chi connectivity index (χ3v) is 5.59. The van der Waals surface area contributed by atoms with Crippen LogP contribution >= 0.6 is 0 Å². The van der Waals surface area contributed by atoms with Gasteiger partial charge in [0.2, 0.25) is 0 Å². The molecular formula is C22H37N3O2. The van der Waals surface area contributed by atoms with Gasteiger partial charge in [-0.25, -0.2) is 0 Å². The van der Waals surface area contributed by atoms with Crippen molar-refractivity contribution in [3.05, 3.63) is 30.3 Å². The van der Waals surface area contributed by atoms with E-state index in [4.69, 9.17) is 5.73 Å². The lowest BCUT2D eigenvalue weighted by molar-refractivity contribution is -0.130. The molecule has 1 amide bonds. The Morgan fingerprint density at radius 2 is 1.93 bits per heavy atom. The van der Waals surface area contributed by atoms with E-state index >= 15 is 0 Å². The van der Waals surface area contributed by atoms with Crippen molar-refractivity contribution >= 4 is 11.6 Å². The Morgan fingerprint density at radius 3 is 2.56 bits per heavy atom. The summed E-state index contributed by atoms with van der Waals surface area (Å²) in [4.78, 5) is 12.7. The number of hydrogen-bond acceptors (Lipinski definition) is 4. The topological polar surface area (TPSA) is 78.6 Å². The van der Waals surface area contributed by atoms with Crippen LogP contribution < -0.4 is 16.2 Å². The molecule has 0 aliphatic heterocycles. The molecule has 4 N–H and O–H groups in total. The molecule has 5 heteroatoms. The van der Waals surface area contributed by atoms with Gasteiger partial charge in [-0.3, -0.25) is 15.2 Å². The maximum atomic E-state index is 12.7. The molecule has 2 rings (SSSR count). The average molecular weight is 376 g/mol. The van der Waals surface area contributed by atoms with Gasteiger partial charge in [-0.2, -0.15) is 0 Å². The molecule has 1 aromatic carbocycles. The number of carbonyl (C=O) groups excluding carboxylic acids is 1. The molecule has 0 saturated heterocycles. The number of hydrazine groups is 1. The second-order valence-electron chi connectivity index (χ2n) is 8.16. The number of para-hydroxylation sites is 1. The van der Waals surface area contributed by atoms with Crippen molar-refractivity contribution in [2.45, 2.75) is 77.4 Å². The van der Waals surface area contributed by atoms with E-state index in [0.29, 0.717) is 24.8 Å². The summed E-state index contributed by atoms with van der Waals surface area (Å²) in [7, 11) is 0. The number of aliphatic hydroxyl groups is 1. The summed E-state index contributed by atoms with van der Waals surface area (Å²) < 4.78 is 0. The quantitative estimate of drug-likeness (QED) is 0.546. The van der Waals surface area contributed by atoms with E-state index in [1.807, 2.05) is 35.3 Å². The summed E-state index contributed by atoms with van der Waals surface area (Å²) in [6.45, 7) is 5.04. The minimum absolute atomic E-state index is 0.411. The number of rotatable bonds is 10. The number of nitrogens with zero attached hydrogens (tertiary/aromatic N) is 1. The Labute approximate surface area is 164 Å². The highest BCUT2D eigenvalue weighted by Gasteiger charge is 2.28. The zero-order chi connectivity index (χ0) is 19.6. The van der Waals surface area contributed by atoms with Crippen LogP contribution in [0.25, 0.3) is 0 Å². The van der Waals surface area contributed by atoms with Crippen LogP contribution in [0.4, 0.5) is 5.69 Å². The SMILES string of the molecule is CCCC(C)CN(NC(=O)C(O)[C@H](N)CC1CCCCC1)c1ccccc1. The summed E-state index contributed by atoms with van der Waals surface area (Å²) >= 11 is 0. The Balaban J connectivity index is 1.96. The Hall–Kier alpha value is -1.59. The van der Waals surface area contributed by atoms with Gasteiger partial charge in [0.15, 0.2) is 0 Å². The summed E-state index contributed by atoms with van der Waals surface area (Å²) in [5.41, 5.74) is 10.0. The predicted molar refractivity (Wildman–Crippen MR) is 111 cm³/mol. The molecule has 3 atom stereocenters. The van der Waals surface area contributed by atoms with Gasteiger partial charge in [0.05, 0.1) is 5.69 Å². The minimum Gasteiger partial charge on any atom is -0.382 e. The molecule has 1 aliphatic carbocycles. The lowest BCUT2D eigenvalue weighted by Gasteiger charge is -2.31. The molecule has 0 heterocycles. The Kier molecular flexibility index (Phi) is 9.08. The van der Waals surface area contributed by atoms with Crippen LogP contribution in [0.5, 0.6) is 0 Å². The van der Waals surface area contributed by atoms with Crippen molar-refractivity contribution in [2.75, 3.05) is 11.6 Å². The summed E-state index contributed by atoms with van der Waals surface area (Å²) in [6, 6.07) is 9.27. The van der Waals surface area contributed by atoms with Gasteiger partial charge in [-0.15, -0.1) is 0 Å². The smallest absolute Gasteiger partial charge is 0.268 e. The molecular weight excluding hydrogens is 338 g/mol. The maximum absolute atomic E-state index is 12.7. The minimum atomic E-state index is -1.18. The van der Waals surface area contributed by atoms with E-state index < -0.39 is 18.1 Å². The van der Waals surface area contributed by atoms with Gasteiger partial charge in [0, 0.05) is 12.6 Å². The monoisotopic (exact) mass is 375 g/mol. The molecule has 5 nitrogen and oxygen atoms in total. The number of carbonyl (C=O) groups is 1. The fourth-order valence-corrected chi connectivity index (χ4v) is 4.05. The van der Waals surface area contributed by atoms with Gasteiger partial charge in [0.25, 0.3) is 5.91 Å². The molecule has 1 saturated carbocycles. The van der Waals surface area contributed by atoms with Crippen molar-refractivity contribution in [3.63, 3.8) is 0 Å². The summed E-state index contributed by atoms with van der Waals surface area (Å²) in [6.07, 6.45) is 7.80. The normalized spacial score (nSPS) is 18.5. The van der Waals surface area contributed by atoms with Crippen LogP contribution in [0.15, 0.2) is 30.3 Å². The Bertz CT molecular complexity index is 546. The first kappa shape index (κ1) is 21.7. The molecule has 0 bridgehead atoms. The Morgan fingerprint density at radius 1 is 1.26 bits per heavy atom. The lowest BCUT2D eigenvalue weighted by Crippen LogP contribution is -2.53. The van der Waals surface area contributed by atoms with E-state index in [0.717, 1.165) is 31.4 Å². The second-order valence-corrected chi connectivity index (χ2v) is 8.16. The van der Waals surface area contributed by atoms with Gasteiger partial charge < -0.3 is 10.8 Å². The molecule has 0 radical (unpaired) electrons. The second kappa shape index (κ2) is 11.3. The molecule has 1 fully saturated rings. The zero-order valence-electron chi connectivity index (χ0n) is 16.9. The molecule has 0 aromatic heterocycles. The van der Waals surface area contributed by atoms with Crippen LogP contribution in [0, 0.1) is 11.8 Å². The van der Waals surface area contributed by atoms with Gasteiger partial charge >= 0.3 is 0 Å². The highest BCUT2D eigenvalue weighted by atomic mass is 16.3. The third-order valence-electron chi connectivity index (χ3n) is 5.59. The first-order valence-electron chi connectivity index (χ1n) is 10.6. The van der Waals surface area contributed by atoms with E-state index in [9.17, 15) is 9.90 Å². The predicted octanol–water partition coefficient (Wildman–Crippen LogP) is 3.62. The summed E-state index contributed by atoms with van der Waals surface area (Å²) in [5.74, 6) is 0.556. The molecule has 1 aromatic rings. The average Bonchev–Trinajstić information content (AvgIpc) is 2.68.